The van der Waals surface area contributed by atoms with Crippen LogP contribution >= 0.6 is 0 Å². The Bertz CT molecular complexity index is 287. The Morgan fingerprint density at radius 3 is 2.00 bits per heavy atom. The molecule has 5 heteroatoms. The molecular formula is C11H19NO4. The van der Waals surface area contributed by atoms with E-state index in [-0.39, 0.29) is 0 Å². The zero-order valence-electron chi connectivity index (χ0n) is 10.0. The molecule has 0 unspecified atom stereocenters. The van der Waals surface area contributed by atoms with Gasteiger partial charge in [-0.1, -0.05) is 12.8 Å². The summed E-state index contributed by atoms with van der Waals surface area (Å²) in [5, 5.41) is 0. The van der Waals surface area contributed by atoms with E-state index in [9.17, 15) is 9.59 Å². The van der Waals surface area contributed by atoms with E-state index in [0.717, 1.165) is 12.8 Å². The second-order valence-corrected chi connectivity index (χ2v) is 5.20. The number of esters is 1. The van der Waals surface area contributed by atoms with E-state index in [1.165, 1.54) is 0 Å². The average molecular weight is 229 g/mol. The Morgan fingerprint density at radius 2 is 1.62 bits per heavy atom. The third-order valence-corrected chi connectivity index (χ3v) is 2.74. The molecule has 0 aromatic rings. The molecule has 1 rings (SSSR count). The van der Waals surface area contributed by atoms with E-state index in [4.69, 9.17) is 10.6 Å². The van der Waals surface area contributed by atoms with E-state index >= 15 is 0 Å². The fourth-order valence-corrected chi connectivity index (χ4v) is 1.96. The summed E-state index contributed by atoms with van der Waals surface area (Å²) in [4.78, 5) is 27.9. The van der Waals surface area contributed by atoms with Crippen LogP contribution in [0.4, 0.5) is 0 Å². The van der Waals surface area contributed by atoms with Gasteiger partial charge in [0.2, 0.25) is 0 Å². The molecule has 0 aromatic carbocycles. The predicted molar refractivity (Wildman–Crippen MR) is 57.0 cm³/mol. The van der Waals surface area contributed by atoms with Gasteiger partial charge in [0.15, 0.2) is 5.41 Å². The van der Waals surface area contributed by atoms with Gasteiger partial charge in [-0.05, 0) is 33.6 Å². The highest BCUT2D eigenvalue weighted by molar-refractivity contribution is 6.00. The third kappa shape index (κ3) is 2.52. The molecule has 0 amide bonds. The summed E-state index contributed by atoms with van der Waals surface area (Å²) >= 11 is 0. The quantitative estimate of drug-likeness (QED) is 0.438. The van der Waals surface area contributed by atoms with Crippen LogP contribution in [0.3, 0.4) is 0 Å². The SMILES string of the molecule is CC(C)(C)OC(=O)C1(C(=O)ON)CCCC1. The number of ether oxygens (including phenoxy) is 1. The van der Waals surface area contributed by atoms with Crippen molar-refractivity contribution >= 4 is 11.9 Å². The molecule has 0 aromatic heterocycles. The molecule has 1 aliphatic carbocycles. The van der Waals surface area contributed by atoms with Crippen LogP contribution in [0.5, 0.6) is 0 Å². The third-order valence-electron chi connectivity index (χ3n) is 2.74. The first-order valence-electron chi connectivity index (χ1n) is 5.46. The van der Waals surface area contributed by atoms with Crippen molar-refractivity contribution in [1.82, 2.24) is 0 Å². The largest absolute Gasteiger partial charge is 0.459 e. The molecule has 92 valence electrons. The van der Waals surface area contributed by atoms with Crippen molar-refractivity contribution in [3.05, 3.63) is 0 Å². The van der Waals surface area contributed by atoms with Crippen LogP contribution in [0, 0.1) is 5.41 Å². The van der Waals surface area contributed by atoms with Crippen LogP contribution in [0.25, 0.3) is 0 Å². The second-order valence-electron chi connectivity index (χ2n) is 5.20. The summed E-state index contributed by atoms with van der Waals surface area (Å²) in [5.74, 6) is 3.68. The first kappa shape index (κ1) is 13.0. The summed E-state index contributed by atoms with van der Waals surface area (Å²) in [7, 11) is 0. The zero-order chi connectivity index (χ0) is 12.4. The van der Waals surface area contributed by atoms with Crippen LogP contribution in [0.15, 0.2) is 0 Å². The van der Waals surface area contributed by atoms with Crippen LogP contribution in [-0.2, 0) is 19.2 Å². The predicted octanol–water partition coefficient (Wildman–Crippen LogP) is 1.31. The van der Waals surface area contributed by atoms with Crippen molar-refractivity contribution in [3.63, 3.8) is 0 Å². The Kier molecular flexibility index (Phi) is 3.57. The van der Waals surface area contributed by atoms with Gasteiger partial charge in [0.05, 0.1) is 0 Å². The number of carbonyl (C=O) groups is 2. The van der Waals surface area contributed by atoms with E-state index in [0.29, 0.717) is 12.8 Å². The van der Waals surface area contributed by atoms with Crippen molar-refractivity contribution < 1.29 is 19.2 Å². The Labute approximate surface area is 95.2 Å². The van der Waals surface area contributed by atoms with Gasteiger partial charge in [0.1, 0.15) is 5.60 Å². The number of rotatable bonds is 2. The number of nitrogens with two attached hydrogens (primary N) is 1. The van der Waals surface area contributed by atoms with Gasteiger partial charge in [-0.15, -0.1) is 0 Å². The highest BCUT2D eigenvalue weighted by atomic mass is 16.7. The van der Waals surface area contributed by atoms with Gasteiger partial charge in [0.25, 0.3) is 0 Å². The lowest BCUT2D eigenvalue weighted by Crippen LogP contribution is -2.43. The number of hydrogen-bond acceptors (Lipinski definition) is 5. The van der Waals surface area contributed by atoms with Crippen molar-refractivity contribution in [3.8, 4) is 0 Å². The molecule has 2 N–H and O–H groups in total. The second kappa shape index (κ2) is 4.41. The molecular weight excluding hydrogens is 210 g/mol. The van der Waals surface area contributed by atoms with E-state index in [1.807, 2.05) is 0 Å². The van der Waals surface area contributed by atoms with Crippen LogP contribution in [0.2, 0.25) is 0 Å². The monoisotopic (exact) mass is 229 g/mol. The molecule has 0 heterocycles. The highest BCUT2D eigenvalue weighted by Gasteiger charge is 2.51. The summed E-state index contributed by atoms with van der Waals surface area (Å²) in [5.41, 5.74) is -1.79. The van der Waals surface area contributed by atoms with Gasteiger partial charge < -0.3 is 9.57 Å². The Balaban J connectivity index is 2.86. The van der Waals surface area contributed by atoms with Crippen LogP contribution in [0.1, 0.15) is 46.5 Å². The normalized spacial score (nSPS) is 19.2. The molecule has 0 radical (unpaired) electrons. The minimum atomic E-state index is -1.18. The van der Waals surface area contributed by atoms with Crippen molar-refractivity contribution in [2.75, 3.05) is 0 Å². The summed E-state index contributed by atoms with van der Waals surface area (Å²) in [6.45, 7) is 5.30. The molecule has 0 atom stereocenters. The Hall–Kier alpha value is -1.10. The molecule has 0 spiro atoms. The number of carbonyl (C=O) groups excluding carboxylic acids is 2. The van der Waals surface area contributed by atoms with Crippen molar-refractivity contribution in [2.24, 2.45) is 11.3 Å². The summed E-state index contributed by atoms with van der Waals surface area (Å²) < 4.78 is 5.25. The maximum Gasteiger partial charge on any atom is 0.341 e. The first-order chi connectivity index (χ1) is 7.32. The molecule has 1 fully saturated rings. The molecule has 0 aliphatic heterocycles. The van der Waals surface area contributed by atoms with Gasteiger partial charge in [-0.25, -0.2) is 4.79 Å². The maximum absolute atomic E-state index is 12.0. The van der Waals surface area contributed by atoms with E-state index in [1.54, 1.807) is 20.8 Å². The van der Waals surface area contributed by atoms with Gasteiger partial charge in [0, 0.05) is 0 Å². The molecule has 16 heavy (non-hydrogen) atoms. The Morgan fingerprint density at radius 1 is 1.12 bits per heavy atom. The minimum absolute atomic E-state index is 0.456. The standard InChI is InChI=1S/C11H19NO4/c1-10(2,3)15-8(13)11(9(14)16-12)6-4-5-7-11/h4-7,12H2,1-3H3. The van der Waals surface area contributed by atoms with Crippen molar-refractivity contribution in [2.45, 2.75) is 52.1 Å². The maximum atomic E-state index is 12.0. The van der Waals surface area contributed by atoms with Crippen molar-refractivity contribution in [1.29, 1.82) is 0 Å². The number of hydrogen-bond donors (Lipinski definition) is 1. The fraction of sp³-hybridized carbons (Fsp3) is 0.818. The zero-order valence-corrected chi connectivity index (χ0v) is 10.0. The lowest BCUT2D eigenvalue weighted by atomic mass is 9.86. The first-order valence-corrected chi connectivity index (χ1v) is 5.46. The van der Waals surface area contributed by atoms with Gasteiger partial charge >= 0.3 is 11.9 Å². The molecule has 0 saturated heterocycles. The average Bonchev–Trinajstić information content (AvgIpc) is 2.63. The molecule has 1 aliphatic rings. The smallest absolute Gasteiger partial charge is 0.341 e. The molecule has 0 bridgehead atoms. The summed E-state index contributed by atoms with van der Waals surface area (Å²) in [6, 6.07) is 0. The van der Waals surface area contributed by atoms with E-state index < -0.39 is 23.0 Å². The topological polar surface area (TPSA) is 78.6 Å². The molecule has 1 saturated carbocycles. The minimum Gasteiger partial charge on any atom is -0.459 e. The van der Waals surface area contributed by atoms with Gasteiger partial charge in [-0.2, -0.15) is 5.90 Å². The molecule has 5 nitrogen and oxygen atoms in total. The summed E-state index contributed by atoms with van der Waals surface area (Å²) in [6.07, 6.45) is 2.54. The van der Waals surface area contributed by atoms with Gasteiger partial charge in [-0.3, -0.25) is 4.79 Å². The highest BCUT2D eigenvalue weighted by Crippen LogP contribution is 2.41. The fourth-order valence-electron chi connectivity index (χ4n) is 1.96. The van der Waals surface area contributed by atoms with E-state index in [2.05, 4.69) is 4.84 Å². The van der Waals surface area contributed by atoms with Crippen LogP contribution in [-0.4, -0.2) is 17.5 Å². The lowest BCUT2D eigenvalue weighted by molar-refractivity contribution is -0.179. The van der Waals surface area contributed by atoms with Crippen LogP contribution < -0.4 is 5.90 Å². The lowest BCUT2D eigenvalue weighted by Gasteiger charge is -2.28.